The lowest BCUT2D eigenvalue weighted by molar-refractivity contribution is -0.00832. The lowest BCUT2D eigenvalue weighted by atomic mass is 9.89. The Balaban J connectivity index is 2.05. The molecular weight excluding hydrogens is 296 g/mol. The first-order valence-corrected chi connectivity index (χ1v) is 7.94. The van der Waals surface area contributed by atoms with Crippen LogP contribution >= 0.6 is 0 Å². The van der Waals surface area contributed by atoms with E-state index in [4.69, 9.17) is 9.47 Å². The first-order chi connectivity index (χ1) is 10.8. The average molecular weight is 322 g/mol. The fourth-order valence-corrected chi connectivity index (χ4v) is 2.76. The number of aromatic nitrogens is 1. The van der Waals surface area contributed by atoms with E-state index in [1.54, 1.807) is 18.2 Å². The summed E-state index contributed by atoms with van der Waals surface area (Å²) in [6.45, 7) is 6.52. The molecule has 0 aliphatic carbocycles. The highest BCUT2D eigenvalue weighted by Gasteiger charge is 2.33. The molecule has 6 heteroatoms. The van der Waals surface area contributed by atoms with Crippen LogP contribution in [0.4, 0.5) is 4.79 Å². The molecule has 6 nitrogen and oxygen atoms in total. The molecule has 2 atom stereocenters. The zero-order chi connectivity index (χ0) is 17.0. The number of hydrogen-bond donors (Lipinski definition) is 1. The quantitative estimate of drug-likeness (QED) is 0.924. The molecule has 128 valence electrons. The van der Waals surface area contributed by atoms with Gasteiger partial charge in [0.05, 0.1) is 13.2 Å². The highest BCUT2D eigenvalue weighted by molar-refractivity contribution is 5.68. The number of aliphatic hydroxyl groups excluding tert-OH is 1. The minimum Gasteiger partial charge on any atom is -0.481 e. The second-order valence-corrected chi connectivity index (χ2v) is 6.92. The molecule has 0 bridgehead atoms. The van der Waals surface area contributed by atoms with Crippen molar-refractivity contribution < 1.29 is 19.4 Å². The van der Waals surface area contributed by atoms with Crippen molar-refractivity contribution >= 4 is 6.09 Å². The molecule has 1 saturated heterocycles. The van der Waals surface area contributed by atoms with Crippen molar-refractivity contribution in [1.82, 2.24) is 9.88 Å². The van der Waals surface area contributed by atoms with E-state index in [9.17, 15) is 9.90 Å². The first-order valence-electron chi connectivity index (χ1n) is 7.94. The standard InChI is InChI=1S/C17H26N2O4/c1-17(2,3)23-16(21)19-9-7-14(20)13(11-19)10-12-6-5-8-18-15(12)22-4/h5-6,8,13-14,20H,7,9-11H2,1-4H3. The van der Waals surface area contributed by atoms with Gasteiger partial charge in [0, 0.05) is 30.8 Å². The molecule has 0 radical (unpaired) electrons. The highest BCUT2D eigenvalue weighted by atomic mass is 16.6. The van der Waals surface area contributed by atoms with E-state index in [1.807, 2.05) is 32.9 Å². The van der Waals surface area contributed by atoms with Gasteiger partial charge in [-0.05, 0) is 39.7 Å². The Morgan fingerprint density at radius 2 is 2.22 bits per heavy atom. The van der Waals surface area contributed by atoms with Crippen LogP contribution in [0.3, 0.4) is 0 Å². The monoisotopic (exact) mass is 322 g/mol. The Labute approximate surface area is 137 Å². The molecular formula is C17H26N2O4. The Bertz CT molecular complexity index is 542. The fourth-order valence-electron chi connectivity index (χ4n) is 2.76. The predicted molar refractivity (Wildman–Crippen MR) is 86.4 cm³/mol. The SMILES string of the molecule is COc1ncccc1CC1CN(C(=O)OC(C)(C)C)CCC1O. The van der Waals surface area contributed by atoms with E-state index < -0.39 is 11.7 Å². The van der Waals surface area contributed by atoms with Crippen LogP contribution in [0.15, 0.2) is 18.3 Å². The zero-order valence-electron chi connectivity index (χ0n) is 14.3. The van der Waals surface area contributed by atoms with Crippen molar-refractivity contribution in [2.45, 2.75) is 45.3 Å². The summed E-state index contributed by atoms with van der Waals surface area (Å²) in [5, 5.41) is 10.3. The largest absolute Gasteiger partial charge is 0.481 e. The third-order valence-corrected chi connectivity index (χ3v) is 3.87. The number of piperidine rings is 1. The van der Waals surface area contributed by atoms with E-state index in [2.05, 4.69) is 4.98 Å². The maximum absolute atomic E-state index is 12.2. The molecule has 2 heterocycles. The fraction of sp³-hybridized carbons (Fsp3) is 0.647. The van der Waals surface area contributed by atoms with Crippen molar-refractivity contribution in [1.29, 1.82) is 0 Å². The molecule has 1 aliphatic heterocycles. The number of carbonyl (C=O) groups is 1. The summed E-state index contributed by atoms with van der Waals surface area (Å²) >= 11 is 0. The maximum atomic E-state index is 12.2. The van der Waals surface area contributed by atoms with Gasteiger partial charge in [-0.1, -0.05) is 6.07 Å². The minimum atomic E-state index is -0.519. The van der Waals surface area contributed by atoms with Crippen LogP contribution in [0.25, 0.3) is 0 Å². The summed E-state index contributed by atoms with van der Waals surface area (Å²) in [6, 6.07) is 3.78. The van der Waals surface area contributed by atoms with Crippen molar-refractivity contribution in [2.24, 2.45) is 5.92 Å². The number of aliphatic hydroxyl groups is 1. The molecule has 1 aliphatic rings. The van der Waals surface area contributed by atoms with Gasteiger partial charge in [-0.25, -0.2) is 9.78 Å². The Morgan fingerprint density at radius 3 is 2.87 bits per heavy atom. The number of amides is 1. The minimum absolute atomic E-state index is 0.0608. The predicted octanol–water partition coefficient (Wildman–Crippen LogP) is 2.25. The molecule has 1 fully saturated rings. The number of ether oxygens (including phenoxy) is 2. The van der Waals surface area contributed by atoms with Crippen molar-refractivity contribution in [3.8, 4) is 5.88 Å². The van der Waals surface area contributed by atoms with E-state index in [0.717, 1.165) is 5.56 Å². The topological polar surface area (TPSA) is 71.9 Å². The van der Waals surface area contributed by atoms with Crippen LogP contribution in [-0.2, 0) is 11.2 Å². The number of likely N-dealkylation sites (tertiary alicyclic amines) is 1. The van der Waals surface area contributed by atoms with Gasteiger partial charge >= 0.3 is 6.09 Å². The molecule has 1 aromatic heterocycles. The second kappa shape index (κ2) is 7.17. The molecule has 0 aromatic carbocycles. The molecule has 2 unspecified atom stereocenters. The summed E-state index contributed by atoms with van der Waals surface area (Å²) in [4.78, 5) is 18.1. The van der Waals surface area contributed by atoms with Gasteiger partial charge < -0.3 is 19.5 Å². The van der Waals surface area contributed by atoms with Crippen molar-refractivity contribution in [2.75, 3.05) is 20.2 Å². The smallest absolute Gasteiger partial charge is 0.410 e. The number of methoxy groups -OCH3 is 1. The van der Waals surface area contributed by atoms with E-state index in [0.29, 0.717) is 31.8 Å². The van der Waals surface area contributed by atoms with E-state index in [-0.39, 0.29) is 12.0 Å². The van der Waals surface area contributed by atoms with Gasteiger partial charge in [0.1, 0.15) is 5.60 Å². The highest BCUT2D eigenvalue weighted by Crippen LogP contribution is 2.26. The van der Waals surface area contributed by atoms with E-state index in [1.165, 1.54) is 0 Å². The lowest BCUT2D eigenvalue weighted by Gasteiger charge is -2.37. The maximum Gasteiger partial charge on any atom is 0.410 e. The van der Waals surface area contributed by atoms with Crippen LogP contribution in [0.5, 0.6) is 5.88 Å². The Morgan fingerprint density at radius 1 is 1.48 bits per heavy atom. The molecule has 1 aromatic rings. The third-order valence-electron chi connectivity index (χ3n) is 3.87. The summed E-state index contributed by atoms with van der Waals surface area (Å²) < 4.78 is 10.7. The molecule has 0 spiro atoms. The van der Waals surface area contributed by atoms with Crippen molar-refractivity contribution in [3.63, 3.8) is 0 Å². The van der Waals surface area contributed by atoms with Gasteiger partial charge in [-0.15, -0.1) is 0 Å². The molecule has 2 rings (SSSR count). The normalized spacial score (nSPS) is 21.9. The van der Waals surface area contributed by atoms with E-state index >= 15 is 0 Å². The summed E-state index contributed by atoms with van der Waals surface area (Å²) in [5.41, 5.74) is 0.417. The van der Waals surface area contributed by atoms with Crippen LogP contribution in [0.2, 0.25) is 0 Å². The van der Waals surface area contributed by atoms with Gasteiger partial charge in [-0.2, -0.15) is 0 Å². The Kier molecular flexibility index (Phi) is 5.46. The summed E-state index contributed by atoms with van der Waals surface area (Å²) in [7, 11) is 1.58. The van der Waals surface area contributed by atoms with Crippen LogP contribution < -0.4 is 4.74 Å². The van der Waals surface area contributed by atoms with Gasteiger partial charge in [0.25, 0.3) is 0 Å². The number of hydrogen-bond acceptors (Lipinski definition) is 5. The lowest BCUT2D eigenvalue weighted by Crippen LogP contribution is -2.48. The number of rotatable bonds is 3. The van der Waals surface area contributed by atoms with Gasteiger partial charge in [0.2, 0.25) is 5.88 Å². The third kappa shape index (κ3) is 4.82. The summed E-state index contributed by atoms with van der Waals surface area (Å²) in [6.07, 6.45) is 2.06. The van der Waals surface area contributed by atoms with Crippen LogP contribution in [-0.4, -0.2) is 53.0 Å². The molecule has 0 saturated carbocycles. The number of nitrogens with zero attached hydrogens (tertiary/aromatic N) is 2. The number of pyridine rings is 1. The second-order valence-electron chi connectivity index (χ2n) is 6.92. The average Bonchev–Trinajstić information content (AvgIpc) is 2.48. The first kappa shape index (κ1) is 17.5. The Hall–Kier alpha value is -1.82. The van der Waals surface area contributed by atoms with Crippen molar-refractivity contribution in [3.05, 3.63) is 23.9 Å². The molecule has 23 heavy (non-hydrogen) atoms. The molecule has 1 amide bonds. The molecule has 1 N–H and O–H groups in total. The van der Waals surface area contributed by atoms with Crippen LogP contribution in [0.1, 0.15) is 32.8 Å². The van der Waals surface area contributed by atoms with Crippen LogP contribution in [0, 0.1) is 5.92 Å². The number of carbonyl (C=O) groups excluding carboxylic acids is 1. The van der Waals surface area contributed by atoms with Gasteiger partial charge in [0.15, 0.2) is 0 Å². The summed E-state index contributed by atoms with van der Waals surface area (Å²) in [5.74, 6) is 0.503. The zero-order valence-corrected chi connectivity index (χ0v) is 14.3. The van der Waals surface area contributed by atoms with Gasteiger partial charge in [-0.3, -0.25) is 0 Å².